The van der Waals surface area contributed by atoms with Gasteiger partial charge in [0.15, 0.2) is 0 Å². The molecule has 2 unspecified atom stereocenters. The Bertz CT molecular complexity index is 490. The molecule has 2 fully saturated rings. The molecule has 0 aliphatic carbocycles. The molecule has 3 rings (SSSR count). The number of aromatic nitrogens is 2. The highest BCUT2D eigenvalue weighted by Crippen LogP contribution is 2.28. The molecule has 0 aromatic carbocycles. The second kappa shape index (κ2) is 6.18. The van der Waals surface area contributed by atoms with Crippen molar-refractivity contribution in [2.45, 2.75) is 52.1 Å². The van der Waals surface area contributed by atoms with Crippen molar-refractivity contribution in [3.05, 3.63) is 11.9 Å². The van der Waals surface area contributed by atoms with Crippen LogP contribution >= 0.6 is 0 Å². The summed E-state index contributed by atoms with van der Waals surface area (Å²) < 4.78 is 0. The van der Waals surface area contributed by atoms with Crippen molar-refractivity contribution in [1.29, 1.82) is 0 Å². The molecule has 2 aliphatic heterocycles. The molecule has 0 saturated carbocycles. The van der Waals surface area contributed by atoms with Gasteiger partial charge >= 0.3 is 0 Å². The molecular formula is C16H27N5. The fraction of sp³-hybridized carbons (Fsp3) is 0.750. The lowest BCUT2D eigenvalue weighted by molar-refractivity contribution is 0.202. The maximum Gasteiger partial charge on any atom is 0.134 e. The average molecular weight is 289 g/mol. The van der Waals surface area contributed by atoms with Crippen molar-refractivity contribution in [2.24, 2.45) is 0 Å². The first kappa shape index (κ1) is 14.6. The normalized spacial score (nSPS) is 26.0. The third-order valence-electron chi connectivity index (χ3n) is 4.61. The van der Waals surface area contributed by atoms with Crippen LogP contribution in [0.5, 0.6) is 0 Å². The van der Waals surface area contributed by atoms with Crippen LogP contribution in [0.3, 0.4) is 0 Å². The summed E-state index contributed by atoms with van der Waals surface area (Å²) in [7, 11) is 0. The SMILES string of the molecule is CCCNc1cc(N2CC3CCCN3CC2C)nc(C)n1. The molecule has 1 aromatic rings. The van der Waals surface area contributed by atoms with E-state index < -0.39 is 0 Å². The molecule has 1 aromatic heterocycles. The van der Waals surface area contributed by atoms with Crippen LogP contribution in [-0.4, -0.2) is 53.1 Å². The van der Waals surface area contributed by atoms with Gasteiger partial charge in [0.25, 0.3) is 0 Å². The van der Waals surface area contributed by atoms with Gasteiger partial charge < -0.3 is 10.2 Å². The van der Waals surface area contributed by atoms with E-state index in [0.717, 1.165) is 43.5 Å². The molecule has 3 heterocycles. The van der Waals surface area contributed by atoms with Crippen molar-refractivity contribution in [3.63, 3.8) is 0 Å². The molecule has 5 nitrogen and oxygen atoms in total. The van der Waals surface area contributed by atoms with Crippen LogP contribution in [0.15, 0.2) is 6.07 Å². The van der Waals surface area contributed by atoms with Crippen molar-refractivity contribution in [1.82, 2.24) is 14.9 Å². The number of rotatable bonds is 4. The van der Waals surface area contributed by atoms with Crippen molar-refractivity contribution in [3.8, 4) is 0 Å². The Labute approximate surface area is 127 Å². The van der Waals surface area contributed by atoms with Crippen LogP contribution in [0, 0.1) is 6.92 Å². The first-order valence-corrected chi connectivity index (χ1v) is 8.27. The third-order valence-corrected chi connectivity index (χ3v) is 4.61. The van der Waals surface area contributed by atoms with Crippen LogP contribution in [0.1, 0.15) is 38.9 Å². The van der Waals surface area contributed by atoms with Crippen LogP contribution in [-0.2, 0) is 0 Å². The maximum atomic E-state index is 4.69. The quantitative estimate of drug-likeness (QED) is 0.921. The Morgan fingerprint density at radius 1 is 1.33 bits per heavy atom. The van der Waals surface area contributed by atoms with E-state index in [9.17, 15) is 0 Å². The van der Waals surface area contributed by atoms with Gasteiger partial charge in [0, 0.05) is 37.8 Å². The Kier molecular flexibility index (Phi) is 4.29. The van der Waals surface area contributed by atoms with E-state index in [2.05, 4.69) is 45.0 Å². The Hall–Kier alpha value is -1.36. The number of piperazine rings is 1. The fourth-order valence-corrected chi connectivity index (χ4v) is 3.55. The minimum absolute atomic E-state index is 0.521. The van der Waals surface area contributed by atoms with Crippen LogP contribution < -0.4 is 10.2 Å². The smallest absolute Gasteiger partial charge is 0.134 e. The van der Waals surface area contributed by atoms with E-state index in [1.165, 1.54) is 19.4 Å². The van der Waals surface area contributed by atoms with Gasteiger partial charge in [-0.15, -0.1) is 0 Å². The Balaban J connectivity index is 1.80. The second-order valence-corrected chi connectivity index (χ2v) is 6.38. The number of nitrogens with zero attached hydrogens (tertiary/aromatic N) is 4. The Morgan fingerprint density at radius 2 is 2.19 bits per heavy atom. The van der Waals surface area contributed by atoms with Gasteiger partial charge in [-0.2, -0.15) is 0 Å². The maximum absolute atomic E-state index is 4.69. The molecule has 116 valence electrons. The first-order chi connectivity index (χ1) is 10.2. The largest absolute Gasteiger partial charge is 0.370 e. The predicted octanol–water partition coefficient (Wildman–Crippen LogP) is 2.28. The monoisotopic (exact) mass is 289 g/mol. The van der Waals surface area contributed by atoms with E-state index in [4.69, 9.17) is 0 Å². The number of nitrogens with one attached hydrogen (secondary N) is 1. The first-order valence-electron chi connectivity index (χ1n) is 8.27. The van der Waals surface area contributed by atoms with Crippen LogP contribution in [0.4, 0.5) is 11.6 Å². The summed E-state index contributed by atoms with van der Waals surface area (Å²) in [6.45, 7) is 11.0. The number of hydrogen-bond acceptors (Lipinski definition) is 5. The summed E-state index contributed by atoms with van der Waals surface area (Å²) in [6.07, 6.45) is 3.78. The number of anilines is 2. The Morgan fingerprint density at radius 3 is 3.00 bits per heavy atom. The number of fused-ring (bicyclic) bond motifs is 1. The summed E-state index contributed by atoms with van der Waals surface area (Å²) in [5.41, 5.74) is 0. The minimum atomic E-state index is 0.521. The molecule has 5 heteroatoms. The average Bonchev–Trinajstić information content (AvgIpc) is 2.90. The van der Waals surface area contributed by atoms with E-state index >= 15 is 0 Å². The summed E-state index contributed by atoms with van der Waals surface area (Å²) in [4.78, 5) is 14.3. The zero-order valence-electron chi connectivity index (χ0n) is 13.5. The van der Waals surface area contributed by atoms with Crippen LogP contribution in [0.25, 0.3) is 0 Å². The summed E-state index contributed by atoms with van der Waals surface area (Å²) >= 11 is 0. The van der Waals surface area contributed by atoms with Crippen molar-refractivity contribution in [2.75, 3.05) is 36.4 Å². The highest BCUT2D eigenvalue weighted by Gasteiger charge is 2.35. The van der Waals surface area contributed by atoms with E-state index in [1.54, 1.807) is 0 Å². The summed E-state index contributed by atoms with van der Waals surface area (Å²) in [5.74, 6) is 2.90. The van der Waals surface area contributed by atoms with Gasteiger partial charge in [-0.05, 0) is 39.7 Å². The van der Waals surface area contributed by atoms with Gasteiger partial charge in [0.05, 0.1) is 0 Å². The number of hydrogen-bond donors (Lipinski definition) is 1. The fourth-order valence-electron chi connectivity index (χ4n) is 3.55. The lowest BCUT2D eigenvalue weighted by Crippen LogP contribution is -2.55. The van der Waals surface area contributed by atoms with Crippen molar-refractivity contribution >= 4 is 11.6 Å². The molecule has 2 atom stereocenters. The highest BCUT2D eigenvalue weighted by atomic mass is 15.3. The lowest BCUT2D eigenvalue weighted by Gasteiger charge is -2.43. The van der Waals surface area contributed by atoms with Gasteiger partial charge in [0.2, 0.25) is 0 Å². The topological polar surface area (TPSA) is 44.3 Å². The van der Waals surface area contributed by atoms with E-state index in [1.807, 2.05) is 6.92 Å². The van der Waals surface area contributed by atoms with Gasteiger partial charge in [-0.3, -0.25) is 4.90 Å². The lowest BCUT2D eigenvalue weighted by atomic mass is 10.1. The van der Waals surface area contributed by atoms with E-state index in [-0.39, 0.29) is 0 Å². The molecular weight excluding hydrogens is 262 g/mol. The molecule has 0 bridgehead atoms. The third kappa shape index (κ3) is 3.12. The second-order valence-electron chi connectivity index (χ2n) is 6.38. The van der Waals surface area contributed by atoms with Gasteiger partial charge in [-0.25, -0.2) is 9.97 Å². The summed E-state index contributed by atoms with van der Waals surface area (Å²) in [5, 5.41) is 3.39. The minimum Gasteiger partial charge on any atom is -0.370 e. The van der Waals surface area contributed by atoms with Crippen molar-refractivity contribution < 1.29 is 0 Å². The molecule has 0 radical (unpaired) electrons. The standard InChI is InChI=1S/C16H27N5/c1-4-7-17-15-9-16(19-13(3)18-15)21-11-14-6-5-8-20(14)10-12(21)2/h9,12,14H,4-8,10-11H2,1-3H3,(H,17,18,19). The van der Waals surface area contributed by atoms with Crippen LogP contribution in [0.2, 0.25) is 0 Å². The highest BCUT2D eigenvalue weighted by molar-refractivity contribution is 5.50. The zero-order chi connectivity index (χ0) is 14.8. The molecule has 1 N–H and O–H groups in total. The molecule has 21 heavy (non-hydrogen) atoms. The summed E-state index contributed by atoms with van der Waals surface area (Å²) in [6, 6.07) is 3.35. The molecule has 0 amide bonds. The molecule has 0 spiro atoms. The predicted molar refractivity (Wildman–Crippen MR) is 87.0 cm³/mol. The van der Waals surface area contributed by atoms with E-state index in [0.29, 0.717) is 12.1 Å². The zero-order valence-corrected chi connectivity index (χ0v) is 13.5. The molecule has 2 saturated heterocycles. The number of aryl methyl sites for hydroxylation is 1. The van der Waals surface area contributed by atoms with Gasteiger partial charge in [-0.1, -0.05) is 6.92 Å². The molecule has 2 aliphatic rings. The van der Waals surface area contributed by atoms with Gasteiger partial charge in [0.1, 0.15) is 17.5 Å².